The second-order valence-electron chi connectivity index (χ2n) is 5.82. The molecule has 0 aliphatic carbocycles. The van der Waals surface area contributed by atoms with Crippen LogP contribution in [0.3, 0.4) is 0 Å². The normalized spacial score (nSPS) is 10.6. The first-order valence-corrected chi connectivity index (χ1v) is 8.41. The van der Waals surface area contributed by atoms with E-state index in [2.05, 4.69) is 10.2 Å². The van der Waals surface area contributed by atoms with Gasteiger partial charge in [0.05, 0.1) is 6.54 Å². The molecule has 6 nitrogen and oxygen atoms in total. The number of aromatic nitrogens is 2. The van der Waals surface area contributed by atoms with Crippen LogP contribution in [0.5, 0.6) is 5.75 Å². The minimum atomic E-state index is -0.197. The summed E-state index contributed by atoms with van der Waals surface area (Å²) in [6.07, 6.45) is 0. The molecule has 0 fully saturated rings. The fraction of sp³-hybridized carbons (Fsp3) is 0.211. The highest BCUT2D eigenvalue weighted by Gasteiger charge is 2.15. The lowest BCUT2D eigenvalue weighted by atomic mass is 10.2. The van der Waals surface area contributed by atoms with Gasteiger partial charge in [-0.25, -0.2) is 0 Å². The van der Waals surface area contributed by atoms with Gasteiger partial charge in [0.15, 0.2) is 6.61 Å². The molecule has 3 rings (SSSR count). The first-order chi connectivity index (χ1) is 12.5. The predicted molar refractivity (Wildman–Crippen MR) is 97.9 cm³/mol. The highest BCUT2D eigenvalue weighted by Crippen LogP contribution is 2.21. The zero-order chi connectivity index (χ0) is 18.5. The van der Waals surface area contributed by atoms with Crippen molar-refractivity contribution in [3.8, 4) is 17.2 Å². The van der Waals surface area contributed by atoms with E-state index in [0.29, 0.717) is 22.6 Å². The first-order valence-electron chi connectivity index (χ1n) is 8.03. The molecule has 26 heavy (non-hydrogen) atoms. The van der Waals surface area contributed by atoms with Crippen molar-refractivity contribution in [1.29, 1.82) is 0 Å². The summed E-state index contributed by atoms with van der Waals surface area (Å²) in [6.45, 7) is 2.00. The molecule has 0 aliphatic rings. The monoisotopic (exact) mass is 371 g/mol. The zero-order valence-corrected chi connectivity index (χ0v) is 15.2. The average Bonchev–Trinajstić information content (AvgIpc) is 3.11. The van der Waals surface area contributed by atoms with Gasteiger partial charge in [0, 0.05) is 17.6 Å². The van der Waals surface area contributed by atoms with Crippen molar-refractivity contribution in [2.45, 2.75) is 13.5 Å². The summed E-state index contributed by atoms with van der Waals surface area (Å²) in [5.74, 6) is 1.19. The fourth-order valence-electron chi connectivity index (χ4n) is 2.27. The molecule has 0 bridgehead atoms. The van der Waals surface area contributed by atoms with E-state index in [-0.39, 0.29) is 19.1 Å². The number of rotatable bonds is 6. The zero-order valence-electron chi connectivity index (χ0n) is 14.5. The van der Waals surface area contributed by atoms with Gasteiger partial charge in [-0.05, 0) is 42.8 Å². The molecule has 0 saturated carbocycles. The Morgan fingerprint density at radius 3 is 2.69 bits per heavy atom. The summed E-state index contributed by atoms with van der Waals surface area (Å²) < 4.78 is 11.1. The van der Waals surface area contributed by atoms with Crippen molar-refractivity contribution >= 4 is 17.5 Å². The van der Waals surface area contributed by atoms with Gasteiger partial charge < -0.3 is 14.1 Å². The second kappa shape index (κ2) is 8.01. The maximum atomic E-state index is 12.2. The number of ether oxygens (including phenoxy) is 1. The number of amides is 1. The van der Waals surface area contributed by atoms with Crippen LogP contribution in [0.2, 0.25) is 5.02 Å². The van der Waals surface area contributed by atoms with Crippen LogP contribution < -0.4 is 4.74 Å². The highest BCUT2D eigenvalue weighted by atomic mass is 35.5. The highest BCUT2D eigenvalue weighted by molar-refractivity contribution is 6.31. The van der Waals surface area contributed by atoms with Crippen molar-refractivity contribution in [3.05, 3.63) is 65.0 Å². The number of likely N-dealkylation sites (N-methyl/N-ethyl adjacent to an activating group) is 1. The quantitative estimate of drug-likeness (QED) is 0.660. The Morgan fingerprint density at radius 1 is 1.19 bits per heavy atom. The minimum absolute atomic E-state index is 0.0861. The van der Waals surface area contributed by atoms with E-state index in [1.54, 1.807) is 25.2 Å². The summed E-state index contributed by atoms with van der Waals surface area (Å²) in [5, 5.41) is 8.66. The second-order valence-corrected chi connectivity index (χ2v) is 6.22. The number of aryl methyl sites for hydroxylation is 1. The van der Waals surface area contributed by atoms with Crippen molar-refractivity contribution in [1.82, 2.24) is 15.1 Å². The van der Waals surface area contributed by atoms with E-state index in [1.165, 1.54) is 4.90 Å². The Bertz CT molecular complexity index is 896. The largest absolute Gasteiger partial charge is 0.484 e. The molecule has 1 aromatic heterocycles. The maximum absolute atomic E-state index is 12.2. The van der Waals surface area contributed by atoms with E-state index in [0.717, 1.165) is 11.1 Å². The van der Waals surface area contributed by atoms with Crippen molar-refractivity contribution in [2.24, 2.45) is 0 Å². The topological polar surface area (TPSA) is 68.5 Å². The van der Waals surface area contributed by atoms with E-state index in [9.17, 15) is 4.79 Å². The summed E-state index contributed by atoms with van der Waals surface area (Å²) in [5.41, 5.74) is 1.73. The summed E-state index contributed by atoms with van der Waals surface area (Å²) in [6, 6.07) is 14.7. The predicted octanol–water partition coefficient (Wildman–Crippen LogP) is 3.74. The molecule has 0 aliphatic heterocycles. The smallest absolute Gasteiger partial charge is 0.260 e. The Morgan fingerprint density at radius 2 is 1.96 bits per heavy atom. The molecule has 0 spiro atoms. The van der Waals surface area contributed by atoms with Gasteiger partial charge in [0.1, 0.15) is 5.75 Å². The van der Waals surface area contributed by atoms with E-state index in [1.807, 2.05) is 37.3 Å². The van der Waals surface area contributed by atoms with Crippen LogP contribution in [0.4, 0.5) is 0 Å². The minimum Gasteiger partial charge on any atom is -0.484 e. The molecule has 0 unspecified atom stereocenters. The standard InChI is InChI=1S/C19H18ClN3O3/c1-13-10-15(8-9-16(13)20)25-12-18(24)23(2)11-17-21-22-19(26-17)14-6-4-3-5-7-14/h3-10H,11-12H2,1-2H3. The number of carbonyl (C=O) groups is 1. The molecular weight excluding hydrogens is 354 g/mol. The van der Waals surface area contributed by atoms with E-state index in [4.69, 9.17) is 20.8 Å². The van der Waals surface area contributed by atoms with Gasteiger partial charge >= 0.3 is 0 Å². The Balaban J connectivity index is 1.56. The van der Waals surface area contributed by atoms with E-state index >= 15 is 0 Å². The molecule has 0 N–H and O–H groups in total. The lowest BCUT2D eigenvalue weighted by Crippen LogP contribution is -2.31. The molecule has 0 atom stereocenters. The first kappa shape index (κ1) is 17.9. The van der Waals surface area contributed by atoms with Crippen LogP contribution in [0, 0.1) is 6.92 Å². The number of nitrogens with zero attached hydrogens (tertiary/aromatic N) is 3. The average molecular weight is 372 g/mol. The number of hydrogen-bond acceptors (Lipinski definition) is 5. The molecular formula is C19H18ClN3O3. The third-order valence-corrected chi connectivity index (χ3v) is 4.20. The van der Waals surface area contributed by atoms with Crippen LogP contribution in [0.1, 0.15) is 11.5 Å². The van der Waals surface area contributed by atoms with Gasteiger partial charge in [-0.3, -0.25) is 4.79 Å². The fourth-order valence-corrected chi connectivity index (χ4v) is 2.39. The molecule has 134 valence electrons. The van der Waals surface area contributed by atoms with Gasteiger partial charge in [-0.1, -0.05) is 29.8 Å². The molecule has 0 radical (unpaired) electrons. The molecule has 1 amide bonds. The number of halogens is 1. The Kier molecular flexibility index (Phi) is 5.53. The maximum Gasteiger partial charge on any atom is 0.260 e. The Hall–Kier alpha value is -2.86. The van der Waals surface area contributed by atoms with Crippen LogP contribution in [0.25, 0.3) is 11.5 Å². The molecule has 3 aromatic rings. The molecule has 0 saturated heterocycles. The van der Waals surface area contributed by atoms with Gasteiger partial charge in [0.2, 0.25) is 11.8 Å². The third-order valence-electron chi connectivity index (χ3n) is 3.78. The van der Waals surface area contributed by atoms with Gasteiger partial charge in [-0.15, -0.1) is 10.2 Å². The van der Waals surface area contributed by atoms with Crippen molar-refractivity contribution in [2.75, 3.05) is 13.7 Å². The lowest BCUT2D eigenvalue weighted by Gasteiger charge is -2.15. The van der Waals surface area contributed by atoms with Crippen LogP contribution >= 0.6 is 11.6 Å². The number of hydrogen-bond donors (Lipinski definition) is 0. The van der Waals surface area contributed by atoms with Crippen LogP contribution in [0.15, 0.2) is 52.9 Å². The summed E-state index contributed by atoms with van der Waals surface area (Å²) >= 11 is 5.98. The summed E-state index contributed by atoms with van der Waals surface area (Å²) in [4.78, 5) is 13.7. The SMILES string of the molecule is Cc1cc(OCC(=O)N(C)Cc2nnc(-c3ccccc3)o2)ccc1Cl. The van der Waals surface area contributed by atoms with Gasteiger partial charge in [-0.2, -0.15) is 0 Å². The number of benzene rings is 2. The lowest BCUT2D eigenvalue weighted by molar-refractivity contribution is -0.132. The van der Waals surface area contributed by atoms with Gasteiger partial charge in [0.25, 0.3) is 5.91 Å². The van der Waals surface area contributed by atoms with Crippen LogP contribution in [-0.2, 0) is 11.3 Å². The summed E-state index contributed by atoms with van der Waals surface area (Å²) in [7, 11) is 1.66. The Labute approximate surface area is 156 Å². The van der Waals surface area contributed by atoms with Crippen LogP contribution in [-0.4, -0.2) is 34.7 Å². The molecule has 1 heterocycles. The van der Waals surface area contributed by atoms with E-state index < -0.39 is 0 Å². The molecule has 2 aromatic carbocycles. The van der Waals surface area contributed by atoms with Crippen molar-refractivity contribution in [3.63, 3.8) is 0 Å². The van der Waals surface area contributed by atoms with Crippen molar-refractivity contribution < 1.29 is 13.9 Å². The third kappa shape index (κ3) is 4.40. The molecule has 7 heteroatoms. The number of carbonyl (C=O) groups excluding carboxylic acids is 1.